The standard InChI is InChI=1S/C29H26ClN9O3/c1-6-9-26-36-29(38(41)42)24(37(26)3)17-39(4,5)13-8-10-27(40)35-25-15-21-23(16-31-25)32-18-33-28(21)34-20-11-12-22(30)19(7-2)14-20/h2,8,10-12,14-16,18H,13,17H2,1,3-5H3,(H-,31,32,33,34,35,40)/p+1/b10-8+. The third-order valence-electron chi connectivity index (χ3n) is 6.21. The Morgan fingerprint density at radius 3 is 2.76 bits per heavy atom. The summed E-state index contributed by atoms with van der Waals surface area (Å²) in [5.41, 5.74) is 2.24. The largest absolute Gasteiger partial charge is 0.392 e. The van der Waals surface area contributed by atoms with Crippen LogP contribution in [0, 0.1) is 34.3 Å². The Morgan fingerprint density at radius 2 is 2.05 bits per heavy atom. The van der Waals surface area contributed by atoms with E-state index in [0.717, 1.165) is 0 Å². The number of hydrogen-bond acceptors (Lipinski definition) is 8. The minimum atomic E-state index is -0.508. The normalized spacial score (nSPS) is 11.1. The van der Waals surface area contributed by atoms with Crippen LogP contribution >= 0.6 is 11.6 Å². The van der Waals surface area contributed by atoms with Crippen molar-refractivity contribution in [2.75, 3.05) is 31.3 Å². The number of hydrogen-bond donors (Lipinski definition) is 2. The fourth-order valence-corrected chi connectivity index (χ4v) is 4.30. The average Bonchev–Trinajstić information content (AvgIpc) is 3.24. The minimum Gasteiger partial charge on any atom is -0.358 e. The molecule has 3 heterocycles. The van der Waals surface area contributed by atoms with Gasteiger partial charge in [-0.1, -0.05) is 23.4 Å². The van der Waals surface area contributed by atoms with Gasteiger partial charge in [-0.15, -0.1) is 6.42 Å². The summed E-state index contributed by atoms with van der Waals surface area (Å²) >= 11 is 6.11. The van der Waals surface area contributed by atoms with Gasteiger partial charge in [0.25, 0.3) is 5.82 Å². The SMILES string of the molecule is C#Cc1cc(Nc2ncnc3cnc(NC(=O)/C=C/C[N+](C)(C)Cc4c([N+](=O)[O-])nc(C#CC)n4C)cc23)ccc1Cl. The molecule has 4 rings (SSSR count). The molecule has 2 N–H and O–H groups in total. The van der Waals surface area contributed by atoms with Crippen molar-refractivity contribution in [3.63, 3.8) is 0 Å². The molecule has 0 aliphatic carbocycles. The van der Waals surface area contributed by atoms with Gasteiger partial charge in [-0.3, -0.25) is 9.36 Å². The molecule has 0 bridgehead atoms. The highest BCUT2D eigenvalue weighted by molar-refractivity contribution is 6.31. The zero-order valence-electron chi connectivity index (χ0n) is 23.3. The third kappa shape index (κ3) is 6.88. The van der Waals surface area contributed by atoms with Gasteiger partial charge in [0.05, 0.1) is 37.4 Å². The van der Waals surface area contributed by atoms with Crippen LogP contribution in [-0.4, -0.2) is 60.5 Å². The van der Waals surface area contributed by atoms with Crippen LogP contribution in [-0.2, 0) is 18.4 Å². The van der Waals surface area contributed by atoms with Gasteiger partial charge in [0.2, 0.25) is 5.91 Å². The number of aromatic nitrogens is 5. The van der Waals surface area contributed by atoms with E-state index in [0.29, 0.717) is 67.9 Å². The number of anilines is 3. The van der Waals surface area contributed by atoms with Gasteiger partial charge in [0.15, 0.2) is 5.69 Å². The highest BCUT2D eigenvalue weighted by Crippen LogP contribution is 2.27. The molecule has 0 aliphatic rings. The molecule has 0 saturated carbocycles. The molecule has 0 fully saturated rings. The molecule has 1 amide bonds. The molecule has 212 valence electrons. The molecule has 0 radical (unpaired) electrons. The smallest absolute Gasteiger partial charge is 0.358 e. The Kier molecular flexibility index (Phi) is 8.82. The van der Waals surface area contributed by atoms with Crippen LogP contribution in [0.15, 0.2) is 48.9 Å². The first kappa shape index (κ1) is 29.7. The second kappa shape index (κ2) is 12.5. The maximum Gasteiger partial charge on any atom is 0.392 e. The fraction of sp³-hybridized carbons (Fsp3) is 0.207. The van der Waals surface area contributed by atoms with Crippen molar-refractivity contribution in [3.05, 3.63) is 81.2 Å². The van der Waals surface area contributed by atoms with Crippen LogP contribution in [0.1, 0.15) is 24.0 Å². The molecule has 0 spiro atoms. The quantitative estimate of drug-likeness (QED) is 0.0981. The lowest BCUT2D eigenvalue weighted by Gasteiger charge is -2.28. The maximum atomic E-state index is 12.7. The van der Waals surface area contributed by atoms with Gasteiger partial charge in [0.1, 0.15) is 24.5 Å². The number of nitrogens with zero attached hydrogens (tertiary/aromatic N) is 7. The molecule has 0 unspecified atom stereocenters. The van der Waals surface area contributed by atoms with E-state index in [1.165, 1.54) is 18.6 Å². The number of amides is 1. The van der Waals surface area contributed by atoms with E-state index in [1.807, 2.05) is 14.1 Å². The second-order valence-electron chi connectivity index (χ2n) is 9.84. The van der Waals surface area contributed by atoms with Gasteiger partial charge in [0, 0.05) is 29.8 Å². The van der Waals surface area contributed by atoms with Gasteiger partial charge >= 0.3 is 5.82 Å². The number of nitrogens with one attached hydrogen (secondary N) is 2. The number of pyridine rings is 1. The van der Waals surface area contributed by atoms with E-state index in [4.69, 9.17) is 18.0 Å². The summed E-state index contributed by atoms with van der Waals surface area (Å²) in [6.07, 6.45) is 11.6. The van der Waals surface area contributed by atoms with Crippen LogP contribution in [0.4, 0.5) is 23.1 Å². The van der Waals surface area contributed by atoms with E-state index in [1.54, 1.807) is 48.9 Å². The Bertz CT molecular complexity index is 1830. The summed E-state index contributed by atoms with van der Waals surface area (Å²) in [6.45, 7) is 2.36. The number of fused-ring (bicyclic) bond motifs is 1. The average molecular weight is 585 g/mol. The summed E-state index contributed by atoms with van der Waals surface area (Å²) in [7, 11) is 5.50. The van der Waals surface area contributed by atoms with E-state index in [2.05, 4.69) is 48.3 Å². The molecular weight excluding hydrogens is 558 g/mol. The van der Waals surface area contributed by atoms with E-state index in [9.17, 15) is 14.9 Å². The van der Waals surface area contributed by atoms with Crippen LogP contribution in [0.25, 0.3) is 10.9 Å². The van der Waals surface area contributed by atoms with Crippen LogP contribution in [0.2, 0.25) is 5.02 Å². The number of benzene rings is 1. The molecular formula is C29H27ClN9O3+. The molecule has 3 aromatic heterocycles. The number of halogens is 1. The minimum absolute atomic E-state index is 0.226. The predicted molar refractivity (Wildman–Crippen MR) is 161 cm³/mol. The zero-order chi connectivity index (χ0) is 30.4. The summed E-state index contributed by atoms with van der Waals surface area (Å²) < 4.78 is 1.96. The first-order valence-electron chi connectivity index (χ1n) is 12.6. The van der Waals surface area contributed by atoms with Gasteiger partial charge in [-0.25, -0.2) is 15.0 Å². The van der Waals surface area contributed by atoms with E-state index >= 15 is 0 Å². The van der Waals surface area contributed by atoms with Crippen molar-refractivity contribution in [1.29, 1.82) is 0 Å². The number of likely N-dealkylation sites (N-methyl/N-ethyl adjacent to an activating group) is 1. The highest BCUT2D eigenvalue weighted by Gasteiger charge is 2.30. The number of terminal acetylenes is 1. The Hall–Kier alpha value is -5.30. The summed E-state index contributed by atoms with van der Waals surface area (Å²) in [6, 6.07) is 6.87. The molecule has 42 heavy (non-hydrogen) atoms. The zero-order valence-corrected chi connectivity index (χ0v) is 24.1. The fourth-order valence-electron chi connectivity index (χ4n) is 4.12. The van der Waals surface area contributed by atoms with Crippen molar-refractivity contribution in [3.8, 4) is 24.2 Å². The number of imidazole rings is 1. The van der Waals surface area contributed by atoms with Crippen molar-refractivity contribution < 1.29 is 14.2 Å². The van der Waals surface area contributed by atoms with Crippen LogP contribution < -0.4 is 10.6 Å². The molecule has 0 atom stereocenters. The Morgan fingerprint density at radius 1 is 1.26 bits per heavy atom. The number of carbonyl (C=O) groups excluding carboxylic acids is 1. The number of quaternary nitrogens is 1. The van der Waals surface area contributed by atoms with E-state index < -0.39 is 10.8 Å². The van der Waals surface area contributed by atoms with Crippen molar-refractivity contribution in [1.82, 2.24) is 24.5 Å². The van der Waals surface area contributed by atoms with Gasteiger partial charge in [-0.05, 0) is 53.1 Å². The van der Waals surface area contributed by atoms with Crippen LogP contribution in [0.3, 0.4) is 0 Å². The first-order valence-corrected chi connectivity index (χ1v) is 13.0. The summed E-state index contributed by atoms with van der Waals surface area (Å²) in [5, 5.41) is 18.6. The van der Waals surface area contributed by atoms with Crippen LogP contribution in [0.5, 0.6) is 0 Å². The van der Waals surface area contributed by atoms with Crippen molar-refractivity contribution in [2.24, 2.45) is 7.05 Å². The number of nitro groups is 1. The maximum absolute atomic E-state index is 12.7. The number of carbonyl (C=O) groups is 1. The van der Waals surface area contributed by atoms with Crippen molar-refractivity contribution >= 4 is 51.6 Å². The Balaban J connectivity index is 1.46. The highest BCUT2D eigenvalue weighted by atomic mass is 35.5. The second-order valence-corrected chi connectivity index (χ2v) is 10.2. The first-order chi connectivity index (χ1) is 20.0. The monoisotopic (exact) mass is 584 g/mol. The van der Waals surface area contributed by atoms with E-state index in [-0.39, 0.29) is 5.82 Å². The van der Waals surface area contributed by atoms with Gasteiger partial charge < -0.3 is 25.2 Å². The van der Waals surface area contributed by atoms with Gasteiger partial charge in [-0.2, -0.15) is 0 Å². The molecule has 12 nitrogen and oxygen atoms in total. The number of rotatable bonds is 9. The third-order valence-corrected chi connectivity index (χ3v) is 6.54. The molecule has 1 aromatic carbocycles. The summed E-state index contributed by atoms with van der Waals surface area (Å²) in [5.74, 6) is 8.55. The topological polar surface area (TPSA) is 141 Å². The predicted octanol–water partition coefficient (Wildman–Crippen LogP) is 4.19. The molecule has 4 aromatic rings. The summed E-state index contributed by atoms with van der Waals surface area (Å²) in [4.78, 5) is 40.7. The molecule has 13 heteroatoms. The Labute approximate surface area is 247 Å². The van der Waals surface area contributed by atoms with Crippen molar-refractivity contribution in [2.45, 2.75) is 13.5 Å². The lowest BCUT2D eigenvalue weighted by atomic mass is 10.2. The molecule has 0 saturated heterocycles. The lowest BCUT2D eigenvalue weighted by Crippen LogP contribution is -2.39. The lowest BCUT2D eigenvalue weighted by molar-refractivity contribution is -0.898. The molecule has 0 aliphatic heterocycles.